The summed E-state index contributed by atoms with van der Waals surface area (Å²) < 4.78 is 5.02. The van der Waals surface area contributed by atoms with Crippen LogP contribution in [0.25, 0.3) is 0 Å². The van der Waals surface area contributed by atoms with Gasteiger partial charge in [0.15, 0.2) is 5.82 Å². The maximum absolute atomic E-state index is 13.3. The minimum atomic E-state index is -0.566. The summed E-state index contributed by atoms with van der Waals surface area (Å²) in [4.78, 5) is 49.3. The predicted molar refractivity (Wildman–Crippen MR) is 130 cm³/mol. The maximum atomic E-state index is 13.3. The van der Waals surface area contributed by atoms with Crippen molar-refractivity contribution in [2.75, 3.05) is 26.1 Å². The second-order valence-electron chi connectivity index (χ2n) is 7.50. The fraction of sp³-hybridized carbons (Fsp3) is 0.208. The number of rotatable bonds is 8. The van der Waals surface area contributed by atoms with E-state index in [9.17, 15) is 14.4 Å². The van der Waals surface area contributed by atoms with Crippen LogP contribution in [0.4, 0.5) is 5.69 Å². The van der Waals surface area contributed by atoms with E-state index in [0.29, 0.717) is 26.9 Å². The molecule has 0 aliphatic carbocycles. The third-order valence-electron chi connectivity index (χ3n) is 4.84. The Balaban J connectivity index is 1.94. The summed E-state index contributed by atoms with van der Waals surface area (Å²) in [5.41, 5.74) is 1.54. The zero-order valence-electron chi connectivity index (χ0n) is 18.8. The fourth-order valence-corrected chi connectivity index (χ4v) is 3.43. The van der Waals surface area contributed by atoms with Gasteiger partial charge in [-0.15, -0.1) is 0 Å². The van der Waals surface area contributed by atoms with Crippen LogP contribution in [0, 0.1) is 0 Å². The van der Waals surface area contributed by atoms with Crippen LogP contribution in [0.5, 0.6) is 5.88 Å². The molecule has 3 aromatic rings. The lowest BCUT2D eigenvalue weighted by atomic mass is 10.1. The van der Waals surface area contributed by atoms with Crippen LogP contribution in [-0.4, -0.2) is 53.7 Å². The van der Waals surface area contributed by atoms with E-state index in [2.05, 4.69) is 9.97 Å². The summed E-state index contributed by atoms with van der Waals surface area (Å²) in [5, 5.41) is 0.719. The molecule has 0 N–H and O–H groups in total. The molecule has 10 heteroatoms. The van der Waals surface area contributed by atoms with Crippen molar-refractivity contribution < 1.29 is 19.1 Å². The number of carbonyl (C=O) groups excluding carboxylic acids is 3. The molecule has 0 bridgehead atoms. The lowest BCUT2D eigenvalue weighted by Gasteiger charge is -2.24. The van der Waals surface area contributed by atoms with Crippen molar-refractivity contribution in [1.82, 2.24) is 14.9 Å². The molecular weight excluding hydrogens is 479 g/mol. The van der Waals surface area contributed by atoms with E-state index in [1.165, 1.54) is 29.2 Å². The summed E-state index contributed by atoms with van der Waals surface area (Å²) in [6.07, 6.45) is 0.897. The molecule has 3 rings (SSSR count). The first-order valence-corrected chi connectivity index (χ1v) is 10.9. The van der Waals surface area contributed by atoms with Crippen molar-refractivity contribution in [1.29, 1.82) is 0 Å². The number of halogens is 2. The van der Waals surface area contributed by atoms with Crippen LogP contribution >= 0.6 is 23.2 Å². The van der Waals surface area contributed by atoms with Crippen molar-refractivity contribution in [2.45, 2.75) is 13.0 Å². The molecule has 0 radical (unpaired) electrons. The number of ether oxygens (including phenoxy) is 1. The van der Waals surface area contributed by atoms with E-state index in [1.54, 1.807) is 56.6 Å². The molecule has 1 aromatic heterocycles. The van der Waals surface area contributed by atoms with Crippen LogP contribution in [0.15, 0.2) is 54.7 Å². The minimum absolute atomic E-state index is 0.0988. The number of Topliss-reactive ketones (excluding diaryl/α,β-unsaturated/α-hetero) is 1. The molecule has 0 aliphatic rings. The average Bonchev–Trinajstić information content (AvgIpc) is 2.84. The summed E-state index contributed by atoms with van der Waals surface area (Å²) in [6.45, 7) is 0.0988. The first kappa shape index (κ1) is 25.1. The molecule has 0 atom stereocenters. The highest BCUT2D eigenvalue weighted by Crippen LogP contribution is 2.26. The maximum Gasteiger partial charge on any atom is 0.253 e. The lowest BCUT2D eigenvalue weighted by Crippen LogP contribution is -2.32. The Morgan fingerprint density at radius 3 is 2.44 bits per heavy atom. The monoisotopic (exact) mass is 500 g/mol. The topological polar surface area (TPSA) is 92.7 Å². The van der Waals surface area contributed by atoms with Crippen LogP contribution in [0.1, 0.15) is 33.0 Å². The Labute approximate surface area is 207 Å². The quantitative estimate of drug-likeness (QED) is 0.338. The largest absolute Gasteiger partial charge is 0.481 e. The number of carbonyl (C=O) groups is 3. The molecule has 2 aromatic carbocycles. The highest BCUT2D eigenvalue weighted by atomic mass is 35.5. The zero-order valence-corrected chi connectivity index (χ0v) is 20.3. The van der Waals surface area contributed by atoms with Crippen LogP contribution in [0.3, 0.4) is 0 Å². The fourth-order valence-electron chi connectivity index (χ4n) is 3.11. The molecule has 0 spiro atoms. The van der Waals surface area contributed by atoms with Crippen LogP contribution in [0.2, 0.25) is 10.0 Å². The third kappa shape index (κ3) is 6.09. The molecule has 34 heavy (non-hydrogen) atoms. The second-order valence-corrected chi connectivity index (χ2v) is 8.32. The number of benzene rings is 2. The number of nitrogens with zero attached hydrogens (tertiary/aromatic N) is 4. The summed E-state index contributed by atoms with van der Waals surface area (Å²) >= 11 is 12.2. The van der Waals surface area contributed by atoms with Crippen molar-refractivity contribution >= 4 is 46.5 Å². The molecule has 0 aliphatic heterocycles. The van der Waals surface area contributed by atoms with Crippen molar-refractivity contribution in [3.05, 3.63) is 81.7 Å². The van der Waals surface area contributed by atoms with E-state index in [1.807, 2.05) is 0 Å². The number of hydrogen-bond donors (Lipinski definition) is 0. The Bertz CT molecular complexity index is 1230. The van der Waals surface area contributed by atoms with Gasteiger partial charge < -0.3 is 14.5 Å². The predicted octanol–water partition coefficient (Wildman–Crippen LogP) is 4.30. The van der Waals surface area contributed by atoms with Gasteiger partial charge in [0, 0.05) is 37.6 Å². The van der Waals surface area contributed by atoms with Gasteiger partial charge >= 0.3 is 0 Å². The second kappa shape index (κ2) is 11.1. The zero-order chi connectivity index (χ0) is 24.8. The molecule has 0 unspecified atom stereocenters. The molecule has 0 saturated carbocycles. The van der Waals surface area contributed by atoms with Gasteiger partial charge in [0.2, 0.25) is 17.6 Å². The number of hydrogen-bond acceptors (Lipinski definition) is 6. The van der Waals surface area contributed by atoms with Crippen LogP contribution < -0.4 is 9.64 Å². The van der Waals surface area contributed by atoms with Crippen LogP contribution in [-0.2, 0) is 11.3 Å². The SMILES string of the molecule is COc1ccnc(C(=O)CC(=O)N(Cc2ccc(Cl)c(Cl)c2)c2cccc(C(=O)N(C)C)c2)n1. The Morgan fingerprint density at radius 2 is 1.76 bits per heavy atom. The number of methoxy groups -OCH3 is 1. The highest BCUT2D eigenvalue weighted by molar-refractivity contribution is 6.42. The average molecular weight is 501 g/mol. The normalized spacial score (nSPS) is 10.5. The van der Waals surface area contributed by atoms with Gasteiger partial charge in [0.05, 0.1) is 30.1 Å². The van der Waals surface area contributed by atoms with Gasteiger partial charge in [-0.2, -0.15) is 4.98 Å². The van der Waals surface area contributed by atoms with E-state index in [-0.39, 0.29) is 24.2 Å². The van der Waals surface area contributed by atoms with E-state index < -0.39 is 18.1 Å². The first-order valence-electron chi connectivity index (χ1n) is 10.2. The summed E-state index contributed by atoms with van der Waals surface area (Å²) in [7, 11) is 4.70. The van der Waals surface area contributed by atoms with Crippen molar-refractivity contribution in [2.24, 2.45) is 0 Å². The lowest BCUT2D eigenvalue weighted by molar-refractivity contribution is -0.117. The Morgan fingerprint density at radius 1 is 1.00 bits per heavy atom. The standard InChI is InChI=1S/C24H22Cl2N4O4/c1-29(2)24(33)16-5-4-6-17(12-16)30(14-15-7-8-18(25)19(26)11-15)22(32)13-20(31)23-27-10-9-21(28-23)34-3/h4-12H,13-14H2,1-3H3. The number of aromatic nitrogens is 2. The summed E-state index contributed by atoms with van der Waals surface area (Å²) in [6, 6.07) is 13.1. The molecule has 1 heterocycles. The van der Waals surface area contributed by atoms with E-state index in [0.717, 1.165) is 0 Å². The number of anilines is 1. The van der Waals surface area contributed by atoms with Gasteiger partial charge in [0.25, 0.3) is 5.91 Å². The Kier molecular flexibility index (Phi) is 8.20. The molecule has 176 valence electrons. The van der Waals surface area contributed by atoms with Gasteiger partial charge in [-0.3, -0.25) is 14.4 Å². The van der Waals surface area contributed by atoms with Gasteiger partial charge in [-0.25, -0.2) is 4.98 Å². The van der Waals surface area contributed by atoms with Gasteiger partial charge in [-0.1, -0.05) is 35.3 Å². The third-order valence-corrected chi connectivity index (χ3v) is 5.58. The molecular formula is C24H22Cl2N4O4. The molecule has 8 nitrogen and oxygen atoms in total. The Hall–Kier alpha value is -3.49. The summed E-state index contributed by atoms with van der Waals surface area (Å²) in [5.74, 6) is -1.20. The van der Waals surface area contributed by atoms with Crippen molar-refractivity contribution in [3.8, 4) is 5.88 Å². The van der Waals surface area contributed by atoms with Gasteiger partial charge in [0.1, 0.15) is 0 Å². The van der Waals surface area contributed by atoms with Crippen molar-refractivity contribution in [3.63, 3.8) is 0 Å². The molecule has 0 saturated heterocycles. The minimum Gasteiger partial charge on any atom is -0.481 e. The number of ketones is 1. The first-order chi connectivity index (χ1) is 16.2. The number of amides is 2. The highest BCUT2D eigenvalue weighted by Gasteiger charge is 2.23. The van der Waals surface area contributed by atoms with E-state index >= 15 is 0 Å². The molecule has 2 amide bonds. The molecule has 0 fully saturated rings. The van der Waals surface area contributed by atoms with E-state index in [4.69, 9.17) is 27.9 Å². The van der Waals surface area contributed by atoms with Gasteiger partial charge in [-0.05, 0) is 35.9 Å². The smallest absolute Gasteiger partial charge is 0.253 e.